The zero-order valence-corrected chi connectivity index (χ0v) is 13.3. The van der Waals surface area contributed by atoms with E-state index in [2.05, 4.69) is 29.2 Å². The maximum absolute atomic E-state index is 12.8. The first kappa shape index (κ1) is 14.8. The Morgan fingerprint density at radius 2 is 1.95 bits per heavy atom. The van der Waals surface area contributed by atoms with Gasteiger partial charge in [-0.15, -0.1) is 0 Å². The van der Waals surface area contributed by atoms with E-state index in [-0.39, 0.29) is 18.4 Å². The molecule has 0 aromatic rings. The second-order valence-corrected chi connectivity index (χ2v) is 7.11. The molecule has 3 fully saturated rings. The van der Waals surface area contributed by atoms with Crippen LogP contribution in [0.4, 0.5) is 0 Å². The lowest BCUT2D eigenvalue weighted by Crippen LogP contribution is -2.68. The Morgan fingerprint density at radius 1 is 1.24 bits per heavy atom. The monoisotopic (exact) mass is 294 g/mol. The Bertz CT molecular complexity index is 451. The van der Waals surface area contributed by atoms with Gasteiger partial charge in [0.05, 0.1) is 6.54 Å². The molecule has 0 radical (unpaired) electrons. The van der Waals surface area contributed by atoms with Gasteiger partial charge < -0.3 is 15.1 Å². The first-order valence-electron chi connectivity index (χ1n) is 7.89. The van der Waals surface area contributed by atoms with E-state index in [4.69, 9.17) is 0 Å². The molecule has 2 unspecified atom stereocenters. The minimum absolute atomic E-state index is 0.0178. The van der Waals surface area contributed by atoms with Crippen molar-refractivity contribution in [1.82, 2.24) is 20.0 Å². The van der Waals surface area contributed by atoms with Crippen LogP contribution in [0.3, 0.4) is 0 Å². The molecule has 0 aromatic heterocycles. The molecule has 1 N–H and O–H groups in total. The molecule has 2 heterocycles. The molecule has 6 heteroatoms. The summed E-state index contributed by atoms with van der Waals surface area (Å²) in [5.41, 5.74) is -0.672. The SMILES string of the molecule is CN1CCN(C)C(CN2CC(=O)NC(C)(C3CC3)C2=O)C1. The number of piperazine rings is 2. The predicted molar refractivity (Wildman–Crippen MR) is 79.8 cm³/mol. The van der Waals surface area contributed by atoms with E-state index in [0.29, 0.717) is 18.5 Å². The number of rotatable bonds is 3. The van der Waals surface area contributed by atoms with Crippen LogP contribution >= 0.6 is 0 Å². The van der Waals surface area contributed by atoms with Gasteiger partial charge in [-0.3, -0.25) is 14.5 Å². The van der Waals surface area contributed by atoms with Crippen LogP contribution in [0.2, 0.25) is 0 Å². The molecule has 0 bridgehead atoms. The summed E-state index contributed by atoms with van der Waals surface area (Å²) in [7, 11) is 4.21. The van der Waals surface area contributed by atoms with Crippen LogP contribution in [-0.2, 0) is 9.59 Å². The van der Waals surface area contributed by atoms with E-state index in [1.54, 1.807) is 4.90 Å². The van der Waals surface area contributed by atoms with Crippen LogP contribution in [0.25, 0.3) is 0 Å². The maximum Gasteiger partial charge on any atom is 0.248 e. The molecular weight excluding hydrogens is 268 g/mol. The Labute approximate surface area is 126 Å². The summed E-state index contributed by atoms with van der Waals surface area (Å²) in [6.45, 7) is 5.76. The highest BCUT2D eigenvalue weighted by Gasteiger charge is 2.52. The Kier molecular flexibility index (Phi) is 3.69. The summed E-state index contributed by atoms with van der Waals surface area (Å²) in [5, 5.41) is 2.94. The predicted octanol–water partition coefficient (Wildman–Crippen LogP) is -0.641. The molecule has 2 atom stereocenters. The van der Waals surface area contributed by atoms with Gasteiger partial charge in [0.2, 0.25) is 11.8 Å². The van der Waals surface area contributed by atoms with Gasteiger partial charge in [0.25, 0.3) is 0 Å². The van der Waals surface area contributed by atoms with Gasteiger partial charge >= 0.3 is 0 Å². The van der Waals surface area contributed by atoms with Gasteiger partial charge in [0.15, 0.2) is 0 Å². The molecule has 1 aliphatic carbocycles. The number of hydrogen-bond acceptors (Lipinski definition) is 4. The van der Waals surface area contributed by atoms with Crippen molar-refractivity contribution in [3.63, 3.8) is 0 Å². The number of carbonyl (C=O) groups excluding carboxylic acids is 2. The quantitative estimate of drug-likeness (QED) is 0.752. The number of hydrogen-bond donors (Lipinski definition) is 1. The van der Waals surface area contributed by atoms with Crippen LogP contribution in [0.5, 0.6) is 0 Å². The van der Waals surface area contributed by atoms with Crippen LogP contribution < -0.4 is 5.32 Å². The highest BCUT2D eigenvalue weighted by Crippen LogP contribution is 2.41. The highest BCUT2D eigenvalue weighted by molar-refractivity contribution is 5.98. The second-order valence-electron chi connectivity index (χ2n) is 7.11. The Morgan fingerprint density at radius 3 is 2.62 bits per heavy atom. The largest absolute Gasteiger partial charge is 0.340 e. The highest BCUT2D eigenvalue weighted by atomic mass is 16.2. The standard InChI is InChI=1S/C15H26N4O2/c1-15(11-4-5-11)14(21)19(10-13(20)16-15)9-12-8-17(2)6-7-18(12)3/h11-12H,4-10H2,1-3H3,(H,16,20). The van der Waals surface area contributed by atoms with Gasteiger partial charge in [0, 0.05) is 32.2 Å². The number of amides is 2. The third-order valence-corrected chi connectivity index (χ3v) is 5.27. The van der Waals surface area contributed by atoms with Gasteiger partial charge in [-0.05, 0) is 39.8 Å². The van der Waals surface area contributed by atoms with Crippen molar-refractivity contribution in [2.45, 2.75) is 31.3 Å². The molecule has 0 aromatic carbocycles. The number of nitrogens with one attached hydrogen (secondary N) is 1. The van der Waals surface area contributed by atoms with Gasteiger partial charge in [-0.25, -0.2) is 0 Å². The zero-order valence-electron chi connectivity index (χ0n) is 13.3. The summed E-state index contributed by atoms with van der Waals surface area (Å²) in [6, 6.07) is 0.307. The molecule has 0 spiro atoms. The number of likely N-dealkylation sites (N-methyl/N-ethyl adjacent to an activating group) is 2. The van der Waals surface area contributed by atoms with Crippen molar-refractivity contribution >= 4 is 11.8 Å². The van der Waals surface area contributed by atoms with Gasteiger partial charge in [-0.2, -0.15) is 0 Å². The molecule has 118 valence electrons. The molecule has 2 saturated heterocycles. The molecule has 2 amide bonds. The summed E-state index contributed by atoms with van der Waals surface area (Å²) < 4.78 is 0. The third-order valence-electron chi connectivity index (χ3n) is 5.27. The lowest BCUT2D eigenvalue weighted by molar-refractivity contribution is -0.151. The van der Waals surface area contributed by atoms with E-state index >= 15 is 0 Å². The summed E-state index contributed by atoms with van der Waals surface area (Å²) in [4.78, 5) is 31.2. The average Bonchev–Trinajstić information content (AvgIpc) is 3.24. The normalized spacial score (nSPS) is 36.0. The molecule has 21 heavy (non-hydrogen) atoms. The van der Waals surface area contributed by atoms with Crippen molar-refractivity contribution in [1.29, 1.82) is 0 Å². The smallest absolute Gasteiger partial charge is 0.248 e. The van der Waals surface area contributed by atoms with E-state index in [1.165, 1.54) is 0 Å². The van der Waals surface area contributed by atoms with Crippen molar-refractivity contribution in [3.8, 4) is 0 Å². The van der Waals surface area contributed by atoms with Crippen LogP contribution in [0.15, 0.2) is 0 Å². The first-order chi connectivity index (χ1) is 9.90. The van der Waals surface area contributed by atoms with Crippen LogP contribution in [0, 0.1) is 5.92 Å². The number of carbonyl (C=O) groups is 2. The summed E-state index contributed by atoms with van der Waals surface area (Å²) in [6.07, 6.45) is 2.09. The van der Waals surface area contributed by atoms with Gasteiger partial charge in [0.1, 0.15) is 5.54 Å². The van der Waals surface area contributed by atoms with Crippen LogP contribution in [0.1, 0.15) is 19.8 Å². The van der Waals surface area contributed by atoms with E-state index < -0.39 is 5.54 Å². The van der Waals surface area contributed by atoms with Crippen molar-refractivity contribution in [3.05, 3.63) is 0 Å². The summed E-state index contributed by atoms with van der Waals surface area (Å²) >= 11 is 0. The third kappa shape index (κ3) is 2.79. The molecule has 6 nitrogen and oxygen atoms in total. The van der Waals surface area contributed by atoms with Crippen molar-refractivity contribution in [2.24, 2.45) is 5.92 Å². The average molecular weight is 294 g/mol. The second kappa shape index (κ2) is 5.25. The molecule has 2 aliphatic heterocycles. The molecular formula is C15H26N4O2. The fourth-order valence-corrected chi connectivity index (χ4v) is 3.59. The Hall–Kier alpha value is -1.14. The molecule has 3 aliphatic rings. The Balaban J connectivity index is 1.71. The van der Waals surface area contributed by atoms with Gasteiger partial charge in [-0.1, -0.05) is 0 Å². The maximum atomic E-state index is 12.8. The molecule has 3 rings (SSSR count). The lowest BCUT2D eigenvalue weighted by Gasteiger charge is -2.44. The van der Waals surface area contributed by atoms with Crippen molar-refractivity contribution < 1.29 is 9.59 Å². The minimum atomic E-state index is -0.672. The molecule has 1 saturated carbocycles. The summed E-state index contributed by atoms with van der Waals surface area (Å²) in [5.74, 6) is 0.408. The fraction of sp³-hybridized carbons (Fsp3) is 0.867. The van der Waals surface area contributed by atoms with Crippen LogP contribution in [-0.4, -0.2) is 84.9 Å². The first-order valence-corrected chi connectivity index (χ1v) is 7.89. The minimum Gasteiger partial charge on any atom is -0.340 e. The fourth-order valence-electron chi connectivity index (χ4n) is 3.59. The lowest BCUT2D eigenvalue weighted by atomic mass is 9.91. The van der Waals surface area contributed by atoms with E-state index in [0.717, 1.165) is 32.5 Å². The number of nitrogens with zero attached hydrogens (tertiary/aromatic N) is 3. The van der Waals surface area contributed by atoms with Crippen molar-refractivity contribution in [2.75, 3.05) is 46.8 Å². The van der Waals surface area contributed by atoms with E-state index in [1.807, 2.05) is 6.92 Å². The topological polar surface area (TPSA) is 55.9 Å². The zero-order chi connectivity index (χ0) is 15.2. The van der Waals surface area contributed by atoms with E-state index in [9.17, 15) is 9.59 Å².